The average molecular weight is 417 g/mol. The molecule has 0 spiro atoms. The number of thiocarbonyl (C=S) groups is 1. The van der Waals surface area contributed by atoms with E-state index in [9.17, 15) is 5.11 Å². The van der Waals surface area contributed by atoms with Crippen molar-refractivity contribution in [2.24, 2.45) is 0 Å². The van der Waals surface area contributed by atoms with Crippen LogP contribution in [0.3, 0.4) is 0 Å². The Morgan fingerprint density at radius 2 is 1.52 bits per heavy atom. The van der Waals surface area contributed by atoms with Crippen molar-refractivity contribution in [1.82, 2.24) is 0 Å². The Bertz CT molecular complexity index is 1220. The minimum absolute atomic E-state index is 0.246. The fourth-order valence-electron chi connectivity index (χ4n) is 3.17. The molecule has 4 aromatic rings. The van der Waals surface area contributed by atoms with Crippen LogP contribution in [0.25, 0.3) is 22.2 Å². The molecule has 3 nitrogen and oxygen atoms in total. The van der Waals surface area contributed by atoms with Gasteiger partial charge in [-0.1, -0.05) is 84.5 Å². The molecule has 0 saturated heterocycles. The molecule has 5 heteroatoms. The molecule has 0 unspecified atom stereocenters. The predicted octanol–water partition coefficient (Wildman–Crippen LogP) is 4.91. The highest BCUT2D eigenvalue weighted by Gasteiger charge is 2.20. The monoisotopic (exact) mass is 416 g/mol. The molecule has 0 aliphatic rings. The number of nitrogens with one attached hydrogen (secondary N) is 1. The lowest BCUT2D eigenvalue weighted by Gasteiger charge is -2.18. The van der Waals surface area contributed by atoms with Gasteiger partial charge in [0, 0.05) is 28.2 Å². The number of anilines is 1. The van der Waals surface area contributed by atoms with Gasteiger partial charge in [-0.3, -0.25) is 0 Å². The average Bonchev–Trinajstić information content (AvgIpc) is 2.75. The van der Waals surface area contributed by atoms with E-state index in [1.807, 2.05) is 60.7 Å². The second-order valence-electron chi connectivity index (χ2n) is 6.42. The van der Waals surface area contributed by atoms with E-state index in [0.29, 0.717) is 21.3 Å². The minimum Gasteiger partial charge on any atom is -0.867 e. The van der Waals surface area contributed by atoms with Gasteiger partial charge in [-0.15, -0.1) is 0 Å². The maximum atomic E-state index is 13.4. The van der Waals surface area contributed by atoms with Crippen molar-refractivity contribution in [2.75, 3.05) is 5.32 Å². The Balaban J connectivity index is 1.83. The molecule has 142 valence electrons. The van der Waals surface area contributed by atoms with Gasteiger partial charge in [-0.05, 0) is 28.8 Å². The van der Waals surface area contributed by atoms with Crippen LogP contribution in [0.1, 0.15) is 5.56 Å². The van der Waals surface area contributed by atoms with Gasteiger partial charge in [0.1, 0.15) is 0 Å². The van der Waals surface area contributed by atoms with E-state index < -0.39 is 0 Å². The van der Waals surface area contributed by atoms with Crippen LogP contribution in [0, 0.1) is 0 Å². The summed E-state index contributed by atoms with van der Waals surface area (Å²) in [6, 6.07) is 26.5. The van der Waals surface area contributed by atoms with Gasteiger partial charge in [0.2, 0.25) is 5.70 Å². The number of rotatable bonds is 4. The van der Waals surface area contributed by atoms with E-state index in [1.165, 1.54) is 0 Å². The Labute approximate surface area is 179 Å². The lowest BCUT2D eigenvalue weighted by atomic mass is 10.1. The number of halogens is 1. The highest BCUT2D eigenvalue weighted by molar-refractivity contribution is 7.81. The molecule has 0 saturated carbocycles. The van der Waals surface area contributed by atoms with Crippen molar-refractivity contribution >= 4 is 56.7 Å². The zero-order valence-corrected chi connectivity index (χ0v) is 17.0. The van der Waals surface area contributed by atoms with E-state index in [2.05, 4.69) is 5.32 Å². The third kappa shape index (κ3) is 3.99. The Morgan fingerprint density at radius 1 is 0.828 bits per heavy atom. The summed E-state index contributed by atoms with van der Waals surface area (Å²) in [4.78, 5) is 0.322. The van der Waals surface area contributed by atoms with Crippen molar-refractivity contribution < 1.29 is 9.67 Å². The van der Waals surface area contributed by atoms with Crippen LogP contribution >= 0.6 is 23.8 Å². The zero-order chi connectivity index (χ0) is 20.2. The van der Waals surface area contributed by atoms with Crippen LogP contribution in [0.2, 0.25) is 5.02 Å². The first-order valence-corrected chi connectivity index (χ1v) is 9.86. The summed E-state index contributed by atoms with van der Waals surface area (Å²) < 4.78 is 1.71. The van der Waals surface area contributed by atoms with Gasteiger partial charge in [0.15, 0.2) is 17.4 Å². The van der Waals surface area contributed by atoms with E-state index in [0.717, 1.165) is 16.5 Å². The van der Waals surface area contributed by atoms with Crippen molar-refractivity contribution in [3.8, 4) is 0 Å². The number of hydrogen-bond donors (Lipinski definition) is 1. The van der Waals surface area contributed by atoms with Crippen LogP contribution in [0.15, 0.2) is 97.3 Å². The third-order valence-electron chi connectivity index (χ3n) is 4.56. The molecule has 0 fully saturated rings. The van der Waals surface area contributed by atoms with Crippen LogP contribution < -0.4 is 15.0 Å². The van der Waals surface area contributed by atoms with Crippen molar-refractivity contribution in [1.29, 1.82) is 0 Å². The van der Waals surface area contributed by atoms with E-state index >= 15 is 0 Å². The molecule has 0 aliphatic heterocycles. The summed E-state index contributed by atoms with van der Waals surface area (Å²) in [5.41, 5.74) is 1.58. The molecule has 1 aromatic heterocycles. The van der Waals surface area contributed by atoms with Crippen molar-refractivity contribution in [2.45, 2.75) is 0 Å². The zero-order valence-electron chi connectivity index (χ0n) is 15.4. The van der Waals surface area contributed by atoms with Gasteiger partial charge >= 0.3 is 0 Å². The van der Waals surface area contributed by atoms with Gasteiger partial charge in [0.25, 0.3) is 0 Å². The molecule has 29 heavy (non-hydrogen) atoms. The Hall–Kier alpha value is -3.21. The lowest BCUT2D eigenvalue weighted by Crippen LogP contribution is -2.39. The fraction of sp³-hybridized carbons (Fsp3) is 0. The standard InChI is InChI=1S/C24H17ClN2OS/c25-20-13-5-4-12-19(20)23(28)22(27-15-6-1-7-16-27)24(29)26-21-14-8-10-17-9-2-3-11-18(17)21/h1-16H,(H-,26,28,29). The highest BCUT2D eigenvalue weighted by Crippen LogP contribution is 2.26. The molecule has 0 atom stereocenters. The summed E-state index contributed by atoms with van der Waals surface area (Å²) >= 11 is 12.0. The Morgan fingerprint density at radius 3 is 2.31 bits per heavy atom. The normalized spacial score (nSPS) is 11.8. The summed E-state index contributed by atoms with van der Waals surface area (Å²) in [6.45, 7) is 0. The molecule has 0 radical (unpaired) electrons. The van der Waals surface area contributed by atoms with Crippen LogP contribution in [0.4, 0.5) is 5.69 Å². The fourth-order valence-corrected chi connectivity index (χ4v) is 3.70. The molecule has 0 amide bonds. The number of fused-ring (bicyclic) bond motifs is 1. The van der Waals surface area contributed by atoms with Gasteiger partial charge in [-0.2, -0.15) is 4.57 Å². The first-order chi connectivity index (χ1) is 14.1. The van der Waals surface area contributed by atoms with Crippen LogP contribution in [-0.4, -0.2) is 4.99 Å². The largest absolute Gasteiger partial charge is 0.867 e. The second kappa shape index (κ2) is 8.43. The highest BCUT2D eigenvalue weighted by atomic mass is 35.5. The maximum absolute atomic E-state index is 13.4. The summed E-state index contributed by atoms with van der Waals surface area (Å²) in [5.74, 6) is -0.246. The SMILES string of the molecule is [O-]C(=C(C(=S)Nc1cccc2ccccc12)[n+]1ccccc1)c1ccccc1Cl. The lowest BCUT2D eigenvalue weighted by molar-refractivity contribution is -0.577. The third-order valence-corrected chi connectivity index (χ3v) is 5.19. The topological polar surface area (TPSA) is 39.0 Å². The predicted molar refractivity (Wildman–Crippen MR) is 121 cm³/mol. The van der Waals surface area contributed by atoms with E-state index in [4.69, 9.17) is 23.8 Å². The van der Waals surface area contributed by atoms with Gasteiger partial charge < -0.3 is 10.4 Å². The van der Waals surface area contributed by atoms with Crippen molar-refractivity contribution in [3.63, 3.8) is 0 Å². The maximum Gasteiger partial charge on any atom is 0.238 e. The van der Waals surface area contributed by atoms with Crippen LogP contribution in [-0.2, 0) is 0 Å². The van der Waals surface area contributed by atoms with E-state index in [1.54, 1.807) is 41.2 Å². The molecule has 1 N–H and O–H groups in total. The first-order valence-electron chi connectivity index (χ1n) is 9.07. The molecular formula is C24H17ClN2OS. The van der Waals surface area contributed by atoms with Crippen LogP contribution in [0.5, 0.6) is 0 Å². The number of nitrogens with zero attached hydrogens (tertiary/aromatic N) is 1. The summed E-state index contributed by atoms with van der Waals surface area (Å²) in [5, 5.41) is 19.2. The number of benzene rings is 3. The van der Waals surface area contributed by atoms with Gasteiger partial charge in [0.05, 0.1) is 0 Å². The first kappa shape index (κ1) is 19.1. The molecule has 0 bridgehead atoms. The number of aromatic nitrogens is 1. The second-order valence-corrected chi connectivity index (χ2v) is 7.24. The number of pyridine rings is 1. The molecule has 1 heterocycles. The van der Waals surface area contributed by atoms with Gasteiger partial charge in [-0.25, -0.2) is 0 Å². The molecule has 3 aromatic carbocycles. The number of hydrogen-bond acceptors (Lipinski definition) is 2. The summed E-state index contributed by atoms with van der Waals surface area (Å²) in [6.07, 6.45) is 3.59. The smallest absolute Gasteiger partial charge is 0.238 e. The Kier molecular flexibility index (Phi) is 5.56. The minimum atomic E-state index is -0.246. The van der Waals surface area contributed by atoms with E-state index in [-0.39, 0.29) is 5.76 Å². The summed E-state index contributed by atoms with van der Waals surface area (Å²) in [7, 11) is 0. The quantitative estimate of drug-likeness (QED) is 0.222. The molecule has 4 rings (SSSR count). The molecular weight excluding hydrogens is 400 g/mol. The van der Waals surface area contributed by atoms with Crippen molar-refractivity contribution in [3.05, 3.63) is 108 Å². The molecule has 0 aliphatic carbocycles.